The van der Waals surface area contributed by atoms with Gasteiger partial charge in [0.05, 0.1) is 13.2 Å². The van der Waals surface area contributed by atoms with Gasteiger partial charge in [0.25, 0.3) is 0 Å². The molecule has 1 aliphatic carbocycles. The highest BCUT2D eigenvalue weighted by molar-refractivity contribution is 6.30. The summed E-state index contributed by atoms with van der Waals surface area (Å²) in [7, 11) is 1.72. The number of anilines is 1. The minimum atomic E-state index is 0.333. The summed E-state index contributed by atoms with van der Waals surface area (Å²) in [6.45, 7) is 3.00. The van der Waals surface area contributed by atoms with Crippen molar-refractivity contribution in [3.05, 3.63) is 53.1 Å². The fourth-order valence-electron chi connectivity index (χ4n) is 4.50. The van der Waals surface area contributed by atoms with Crippen LogP contribution in [-0.4, -0.2) is 32.8 Å². The number of hydrogen-bond donors (Lipinski definition) is 2. The molecule has 2 aromatic rings. The van der Waals surface area contributed by atoms with Gasteiger partial charge in [-0.1, -0.05) is 17.7 Å². The van der Waals surface area contributed by atoms with E-state index in [1.54, 1.807) is 7.11 Å². The first-order valence-electron chi connectivity index (χ1n) is 10.8. The Labute approximate surface area is 178 Å². The van der Waals surface area contributed by atoms with E-state index in [1.807, 2.05) is 24.3 Å². The van der Waals surface area contributed by atoms with Crippen LogP contribution in [0.1, 0.15) is 43.6 Å². The normalized spacial score (nSPS) is 22.4. The predicted molar refractivity (Wildman–Crippen MR) is 120 cm³/mol. The molecule has 2 fully saturated rings. The van der Waals surface area contributed by atoms with Crippen LogP contribution in [0.2, 0.25) is 5.02 Å². The van der Waals surface area contributed by atoms with Crippen LogP contribution in [-0.2, 0) is 0 Å². The average molecular weight is 415 g/mol. The van der Waals surface area contributed by atoms with Gasteiger partial charge in [-0.2, -0.15) is 0 Å². The summed E-state index contributed by atoms with van der Waals surface area (Å²) < 4.78 is 11.9. The van der Waals surface area contributed by atoms with E-state index in [2.05, 4.69) is 28.8 Å². The summed E-state index contributed by atoms with van der Waals surface area (Å²) in [5.41, 5.74) is 2.45. The van der Waals surface area contributed by atoms with Gasteiger partial charge in [-0.05, 0) is 92.4 Å². The van der Waals surface area contributed by atoms with Gasteiger partial charge in [-0.3, -0.25) is 0 Å². The Kier molecular flexibility index (Phi) is 6.83. The van der Waals surface area contributed by atoms with Crippen molar-refractivity contribution >= 4 is 17.3 Å². The third kappa shape index (κ3) is 5.37. The molecule has 2 N–H and O–H groups in total. The molecule has 1 saturated carbocycles. The summed E-state index contributed by atoms with van der Waals surface area (Å²) in [6.07, 6.45) is 6.32. The van der Waals surface area contributed by atoms with Gasteiger partial charge < -0.3 is 20.1 Å². The Morgan fingerprint density at radius 1 is 1.03 bits per heavy atom. The molecule has 4 rings (SSSR count). The van der Waals surface area contributed by atoms with Crippen LogP contribution in [0, 0.1) is 5.92 Å². The van der Waals surface area contributed by atoms with Crippen molar-refractivity contribution in [3.8, 4) is 11.5 Å². The van der Waals surface area contributed by atoms with Crippen LogP contribution in [0.25, 0.3) is 0 Å². The molecule has 1 saturated heterocycles. The topological polar surface area (TPSA) is 42.5 Å². The van der Waals surface area contributed by atoms with Crippen LogP contribution in [0.3, 0.4) is 0 Å². The van der Waals surface area contributed by atoms with E-state index < -0.39 is 0 Å². The van der Waals surface area contributed by atoms with Crippen molar-refractivity contribution in [2.24, 2.45) is 5.92 Å². The fraction of sp³-hybridized carbons (Fsp3) is 0.500. The molecule has 1 heterocycles. The quantitative estimate of drug-likeness (QED) is 0.629. The van der Waals surface area contributed by atoms with E-state index in [-0.39, 0.29) is 0 Å². The molecule has 2 aromatic carbocycles. The molecule has 0 spiro atoms. The summed E-state index contributed by atoms with van der Waals surface area (Å²) in [4.78, 5) is 0. The van der Waals surface area contributed by atoms with Crippen LogP contribution < -0.4 is 20.1 Å². The summed E-state index contributed by atoms with van der Waals surface area (Å²) in [5, 5.41) is 7.93. The van der Waals surface area contributed by atoms with Gasteiger partial charge >= 0.3 is 0 Å². The van der Waals surface area contributed by atoms with E-state index in [0.29, 0.717) is 17.9 Å². The lowest BCUT2D eigenvalue weighted by atomic mass is 9.85. The maximum atomic E-state index is 6.30. The number of hydrogen-bond acceptors (Lipinski definition) is 4. The van der Waals surface area contributed by atoms with E-state index in [4.69, 9.17) is 21.1 Å². The Morgan fingerprint density at radius 3 is 2.59 bits per heavy atom. The number of ether oxygens (including phenoxy) is 2. The van der Waals surface area contributed by atoms with Gasteiger partial charge in [-0.15, -0.1) is 0 Å². The molecular formula is C24H31ClN2O2. The molecule has 0 radical (unpaired) electrons. The minimum Gasteiger partial charge on any atom is -0.493 e. The Hall–Kier alpha value is -1.91. The highest BCUT2D eigenvalue weighted by Crippen LogP contribution is 2.36. The molecule has 156 valence electrons. The number of benzene rings is 2. The van der Waals surface area contributed by atoms with Crippen LogP contribution >= 0.6 is 11.6 Å². The van der Waals surface area contributed by atoms with Gasteiger partial charge in [0.2, 0.25) is 0 Å². The smallest absolute Gasteiger partial charge is 0.161 e. The zero-order valence-electron chi connectivity index (χ0n) is 17.1. The Balaban J connectivity index is 1.39. The zero-order chi connectivity index (χ0) is 20.1. The second-order valence-electron chi connectivity index (χ2n) is 8.28. The second kappa shape index (κ2) is 9.73. The maximum absolute atomic E-state index is 6.30. The third-order valence-electron chi connectivity index (χ3n) is 6.14. The van der Waals surface area contributed by atoms with Gasteiger partial charge in [0.15, 0.2) is 11.5 Å². The molecule has 5 heteroatoms. The fourth-order valence-corrected chi connectivity index (χ4v) is 4.62. The molecule has 29 heavy (non-hydrogen) atoms. The monoisotopic (exact) mass is 414 g/mol. The molecule has 1 aliphatic heterocycles. The van der Waals surface area contributed by atoms with Crippen molar-refractivity contribution in [1.29, 1.82) is 0 Å². The molecule has 2 aliphatic rings. The third-order valence-corrected chi connectivity index (χ3v) is 6.39. The SMILES string of the molecule is COc1ccc([C@H]2CNC[C@@H](CNc3ccc(Cl)cc3)C2)cc1OC1CCCC1. The second-order valence-corrected chi connectivity index (χ2v) is 8.72. The Bertz CT molecular complexity index is 790. The van der Waals surface area contributed by atoms with E-state index in [1.165, 1.54) is 18.4 Å². The van der Waals surface area contributed by atoms with Crippen molar-refractivity contribution in [1.82, 2.24) is 5.32 Å². The van der Waals surface area contributed by atoms with Gasteiger partial charge in [0, 0.05) is 23.8 Å². The molecule has 0 unspecified atom stereocenters. The van der Waals surface area contributed by atoms with Gasteiger partial charge in [0.1, 0.15) is 0 Å². The highest BCUT2D eigenvalue weighted by atomic mass is 35.5. The van der Waals surface area contributed by atoms with Gasteiger partial charge in [-0.25, -0.2) is 0 Å². The molecule has 0 amide bonds. The number of methoxy groups -OCH3 is 1. The standard InChI is InChI=1S/C24H31ClN2O2/c1-28-23-11-6-18(13-24(23)29-22-4-2-3-5-22)19-12-17(14-26-16-19)15-27-21-9-7-20(25)8-10-21/h6-11,13,17,19,22,26-27H,2-5,12,14-16H2,1H3/t17-,19+/m0/s1. The van der Waals surface area contributed by atoms with E-state index >= 15 is 0 Å². The number of halogens is 1. The molecule has 0 aromatic heterocycles. The number of piperidine rings is 1. The van der Waals surface area contributed by atoms with Crippen molar-refractivity contribution in [3.63, 3.8) is 0 Å². The average Bonchev–Trinajstić information content (AvgIpc) is 3.27. The highest BCUT2D eigenvalue weighted by Gasteiger charge is 2.25. The molecular weight excluding hydrogens is 384 g/mol. The first kappa shape index (κ1) is 20.4. The van der Waals surface area contributed by atoms with Crippen LogP contribution in [0.5, 0.6) is 11.5 Å². The van der Waals surface area contributed by atoms with Crippen LogP contribution in [0.15, 0.2) is 42.5 Å². The first-order chi connectivity index (χ1) is 14.2. The lowest BCUT2D eigenvalue weighted by Crippen LogP contribution is -2.38. The molecule has 2 atom stereocenters. The Morgan fingerprint density at radius 2 is 1.83 bits per heavy atom. The zero-order valence-corrected chi connectivity index (χ0v) is 17.9. The van der Waals surface area contributed by atoms with E-state index in [9.17, 15) is 0 Å². The minimum absolute atomic E-state index is 0.333. The van der Waals surface area contributed by atoms with Crippen molar-refractivity contribution < 1.29 is 9.47 Å². The molecule has 4 nitrogen and oxygen atoms in total. The first-order valence-corrected chi connectivity index (χ1v) is 11.1. The molecule has 0 bridgehead atoms. The largest absolute Gasteiger partial charge is 0.493 e. The van der Waals surface area contributed by atoms with Crippen LogP contribution in [0.4, 0.5) is 5.69 Å². The summed E-state index contributed by atoms with van der Waals surface area (Å²) >= 11 is 5.98. The maximum Gasteiger partial charge on any atom is 0.161 e. The summed E-state index contributed by atoms with van der Waals surface area (Å²) in [6, 6.07) is 14.4. The lowest BCUT2D eigenvalue weighted by Gasteiger charge is -2.31. The van der Waals surface area contributed by atoms with Crippen molar-refractivity contribution in [2.75, 3.05) is 32.1 Å². The predicted octanol–water partition coefficient (Wildman–Crippen LogP) is 5.48. The number of nitrogens with one attached hydrogen (secondary N) is 2. The number of rotatable bonds is 7. The van der Waals surface area contributed by atoms with Crippen molar-refractivity contribution in [2.45, 2.75) is 44.1 Å². The lowest BCUT2D eigenvalue weighted by molar-refractivity contribution is 0.200. The van der Waals surface area contributed by atoms with E-state index in [0.717, 1.165) is 61.1 Å². The summed E-state index contributed by atoms with van der Waals surface area (Å²) in [5.74, 6) is 2.80.